The monoisotopic (exact) mass is 285 g/mol. The molecule has 0 atom stereocenters. The van der Waals surface area contributed by atoms with Crippen LogP contribution >= 0.6 is 15.9 Å². The van der Waals surface area contributed by atoms with Crippen molar-refractivity contribution in [1.82, 2.24) is 14.8 Å². The van der Waals surface area contributed by atoms with E-state index in [1.165, 1.54) is 6.07 Å². The second-order valence-electron chi connectivity index (χ2n) is 3.22. The summed E-state index contributed by atoms with van der Waals surface area (Å²) in [4.78, 5) is 0. The molecule has 1 heterocycles. The van der Waals surface area contributed by atoms with Crippen molar-refractivity contribution in [2.45, 2.75) is 6.61 Å². The number of benzene rings is 1. The average Bonchev–Trinajstić information content (AvgIpc) is 2.66. The van der Waals surface area contributed by atoms with Crippen LogP contribution in [-0.4, -0.2) is 14.8 Å². The smallest absolute Gasteiger partial charge is 0.170 e. The van der Waals surface area contributed by atoms with Crippen LogP contribution in [0.4, 0.5) is 4.39 Å². The maximum atomic E-state index is 13.3. The highest BCUT2D eigenvalue weighted by Gasteiger charge is 2.06. The third-order valence-corrected chi connectivity index (χ3v) is 2.55. The number of hydrogen-bond donors (Lipinski definition) is 0. The summed E-state index contributed by atoms with van der Waals surface area (Å²) in [7, 11) is 1.80. The van der Waals surface area contributed by atoms with Gasteiger partial charge in [0.1, 0.15) is 12.9 Å². The van der Waals surface area contributed by atoms with Gasteiger partial charge in [0.25, 0.3) is 0 Å². The van der Waals surface area contributed by atoms with Crippen molar-refractivity contribution in [3.8, 4) is 5.75 Å². The minimum atomic E-state index is -0.398. The molecule has 0 radical (unpaired) electrons. The predicted molar refractivity (Wildman–Crippen MR) is 59.4 cm³/mol. The lowest BCUT2D eigenvalue weighted by molar-refractivity contribution is 0.276. The lowest BCUT2D eigenvalue weighted by Gasteiger charge is -2.06. The summed E-state index contributed by atoms with van der Waals surface area (Å²) in [6, 6.07) is 4.53. The zero-order valence-electron chi connectivity index (χ0n) is 8.52. The Bertz CT molecular complexity index is 501. The molecule has 0 aliphatic heterocycles. The van der Waals surface area contributed by atoms with Crippen molar-refractivity contribution in [2.75, 3.05) is 0 Å². The van der Waals surface area contributed by atoms with Crippen molar-refractivity contribution < 1.29 is 9.13 Å². The highest BCUT2D eigenvalue weighted by atomic mass is 79.9. The number of aryl methyl sites for hydroxylation is 1. The number of nitrogens with zero attached hydrogens (tertiary/aromatic N) is 3. The van der Waals surface area contributed by atoms with E-state index in [0.717, 1.165) is 4.47 Å². The fraction of sp³-hybridized carbons (Fsp3) is 0.200. The Kier molecular flexibility index (Phi) is 3.19. The highest BCUT2D eigenvalue weighted by Crippen LogP contribution is 2.22. The topological polar surface area (TPSA) is 39.9 Å². The van der Waals surface area contributed by atoms with Gasteiger partial charge in [-0.15, -0.1) is 10.2 Å². The second kappa shape index (κ2) is 4.61. The van der Waals surface area contributed by atoms with Gasteiger partial charge in [-0.05, 0) is 18.2 Å². The van der Waals surface area contributed by atoms with Gasteiger partial charge in [0.2, 0.25) is 0 Å². The normalized spacial score (nSPS) is 10.4. The van der Waals surface area contributed by atoms with Crippen LogP contribution in [0.1, 0.15) is 5.82 Å². The van der Waals surface area contributed by atoms with Crippen LogP contribution in [0.25, 0.3) is 0 Å². The molecule has 16 heavy (non-hydrogen) atoms. The van der Waals surface area contributed by atoms with Gasteiger partial charge in [-0.3, -0.25) is 0 Å². The van der Waals surface area contributed by atoms with Crippen molar-refractivity contribution in [3.63, 3.8) is 0 Å². The number of rotatable bonds is 3. The molecular weight excluding hydrogens is 277 g/mol. The van der Waals surface area contributed by atoms with E-state index in [9.17, 15) is 4.39 Å². The molecule has 0 aliphatic carbocycles. The quantitative estimate of drug-likeness (QED) is 0.869. The fourth-order valence-electron chi connectivity index (χ4n) is 1.17. The van der Waals surface area contributed by atoms with E-state index >= 15 is 0 Å². The molecule has 84 valence electrons. The highest BCUT2D eigenvalue weighted by molar-refractivity contribution is 9.10. The minimum Gasteiger partial charge on any atom is -0.482 e. The van der Waals surface area contributed by atoms with Crippen molar-refractivity contribution in [3.05, 3.63) is 40.6 Å². The summed E-state index contributed by atoms with van der Waals surface area (Å²) in [5, 5.41) is 7.54. The third kappa shape index (κ3) is 2.38. The van der Waals surface area contributed by atoms with Crippen molar-refractivity contribution in [2.24, 2.45) is 7.05 Å². The van der Waals surface area contributed by atoms with E-state index in [-0.39, 0.29) is 12.4 Å². The van der Waals surface area contributed by atoms with Crippen LogP contribution in [0.15, 0.2) is 29.0 Å². The first-order valence-electron chi connectivity index (χ1n) is 4.57. The largest absolute Gasteiger partial charge is 0.482 e. The first-order chi connectivity index (χ1) is 7.66. The lowest BCUT2D eigenvalue weighted by Crippen LogP contribution is -2.04. The van der Waals surface area contributed by atoms with E-state index in [1.807, 2.05) is 0 Å². The van der Waals surface area contributed by atoms with Crippen LogP contribution in [0.5, 0.6) is 5.75 Å². The predicted octanol–water partition coefficient (Wildman–Crippen LogP) is 2.30. The van der Waals surface area contributed by atoms with E-state index in [4.69, 9.17) is 4.74 Å². The molecule has 0 unspecified atom stereocenters. The summed E-state index contributed by atoms with van der Waals surface area (Å²) in [5.41, 5.74) is 0. The average molecular weight is 286 g/mol. The Balaban J connectivity index is 2.10. The summed E-state index contributed by atoms with van der Waals surface area (Å²) in [5.74, 6) is 0.433. The zero-order chi connectivity index (χ0) is 11.5. The lowest BCUT2D eigenvalue weighted by atomic mass is 10.3. The Hall–Kier alpha value is -1.43. The Morgan fingerprint density at radius 1 is 1.50 bits per heavy atom. The molecule has 0 N–H and O–H groups in total. The van der Waals surface area contributed by atoms with Gasteiger partial charge in [0, 0.05) is 11.5 Å². The van der Waals surface area contributed by atoms with E-state index in [2.05, 4.69) is 26.1 Å². The van der Waals surface area contributed by atoms with Gasteiger partial charge >= 0.3 is 0 Å². The Labute approximate surface area is 100 Å². The molecule has 0 amide bonds. The molecule has 1 aromatic carbocycles. The summed E-state index contributed by atoms with van der Waals surface area (Å²) >= 11 is 3.25. The third-order valence-electron chi connectivity index (χ3n) is 2.06. The molecule has 2 aromatic rings. The van der Waals surface area contributed by atoms with Crippen LogP contribution in [0.3, 0.4) is 0 Å². The van der Waals surface area contributed by atoms with Crippen molar-refractivity contribution >= 4 is 15.9 Å². The molecular formula is C10H9BrFN3O. The van der Waals surface area contributed by atoms with Gasteiger partial charge in [-0.25, -0.2) is 4.39 Å². The zero-order valence-corrected chi connectivity index (χ0v) is 10.1. The molecule has 2 rings (SSSR count). The molecule has 0 saturated carbocycles. The maximum Gasteiger partial charge on any atom is 0.170 e. The van der Waals surface area contributed by atoms with Gasteiger partial charge in [0.05, 0.1) is 0 Å². The van der Waals surface area contributed by atoms with Gasteiger partial charge in [-0.1, -0.05) is 15.9 Å². The van der Waals surface area contributed by atoms with E-state index in [0.29, 0.717) is 5.82 Å². The summed E-state index contributed by atoms with van der Waals surface area (Å²) < 4.78 is 21.1. The fourth-order valence-corrected chi connectivity index (χ4v) is 1.51. The molecule has 1 aromatic heterocycles. The maximum absolute atomic E-state index is 13.3. The SMILES string of the molecule is Cn1cnnc1COc1cc(Br)ccc1F. The van der Waals surface area contributed by atoms with Crippen LogP contribution in [-0.2, 0) is 13.7 Å². The van der Waals surface area contributed by atoms with Crippen LogP contribution in [0, 0.1) is 5.82 Å². The number of hydrogen-bond acceptors (Lipinski definition) is 3. The van der Waals surface area contributed by atoms with E-state index in [1.54, 1.807) is 30.1 Å². The minimum absolute atomic E-state index is 0.184. The van der Waals surface area contributed by atoms with Gasteiger partial charge in [0.15, 0.2) is 17.4 Å². The molecule has 4 nitrogen and oxygen atoms in total. The molecule has 0 aliphatic rings. The Morgan fingerprint density at radius 3 is 3.00 bits per heavy atom. The van der Waals surface area contributed by atoms with Crippen LogP contribution in [0.2, 0.25) is 0 Å². The van der Waals surface area contributed by atoms with E-state index < -0.39 is 5.82 Å². The first kappa shape index (κ1) is 11.1. The van der Waals surface area contributed by atoms with Gasteiger partial charge in [-0.2, -0.15) is 0 Å². The molecule has 6 heteroatoms. The number of ether oxygens (including phenoxy) is 1. The van der Waals surface area contributed by atoms with Gasteiger partial charge < -0.3 is 9.30 Å². The number of aromatic nitrogens is 3. The molecule has 0 fully saturated rings. The second-order valence-corrected chi connectivity index (χ2v) is 4.14. The molecule has 0 saturated heterocycles. The summed E-state index contributed by atoms with van der Waals surface area (Å²) in [6.45, 7) is 0.184. The number of halogens is 2. The van der Waals surface area contributed by atoms with Crippen LogP contribution < -0.4 is 4.74 Å². The first-order valence-corrected chi connectivity index (χ1v) is 5.37. The molecule has 0 spiro atoms. The summed E-state index contributed by atoms with van der Waals surface area (Å²) in [6.07, 6.45) is 1.57. The van der Waals surface area contributed by atoms with Crippen molar-refractivity contribution in [1.29, 1.82) is 0 Å². The Morgan fingerprint density at radius 2 is 2.31 bits per heavy atom. The molecule has 0 bridgehead atoms. The standard InChI is InChI=1S/C10H9BrFN3O/c1-15-6-13-14-10(15)5-16-9-4-7(11)2-3-8(9)12/h2-4,6H,5H2,1H3.